The molecule has 0 saturated carbocycles. The third kappa shape index (κ3) is 9.96. The number of para-hydroxylation sites is 1. The Labute approximate surface area is 293 Å². The van der Waals surface area contributed by atoms with Crippen molar-refractivity contribution in [1.82, 2.24) is 20.3 Å². The highest BCUT2D eigenvalue weighted by Crippen LogP contribution is 2.35. The number of rotatable bonds is 15. The minimum atomic E-state index is -4.11. The lowest BCUT2D eigenvalue weighted by molar-refractivity contribution is -0.132. The van der Waals surface area contributed by atoms with Gasteiger partial charge in [0.1, 0.15) is 6.04 Å². The predicted octanol–water partition coefficient (Wildman–Crippen LogP) is 2.69. The summed E-state index contributed by atoms with van der Waals surface area (Å²) in [5, 5.41) is 19.8. The van der Waals surface area contributed by atoms with E-state index in [0.717, 1.165) is 5.56 Å². The largest absolute Gasteiger partial charge is 0.454 e. The van der Waals surface area contributed by atoms with Gasteiger partial charge in [0.2, 0.25) is 28.6 Å². The number of nitrogens with two attached hydrogens (primary N) is 1. The molecule has 3 atom stereocenters. The Morgan fingerprint density at radius 2 is 1.58 bits per heavy atom. The zero-order valence-electron chi connectivity index (χ0n) is 29.0. The Balaban J connectivity index is 1.53. The van der Waals surface area contributed by atoms with Crippen LogP contribution in [0.4, 0.5) is 5.69 Å². The monoisotopic (exact) mass is 709 g/mol. The molecule has 0 aromatic heterocycles. The van der Waals surface area contributed by atoms with E-state index in [2.05, 4.69) is 16.0 Å². The molecule has 14 heteroatoms. The van der Waals surface area contributed by atoms with E-state index in [1.165, 1.54) is 28.6 Å². The van der Waals surface area contributed by atoms with Crippen molar-refractivity contribution in [1.29, 1.82) is 0 Å². The standard InChI is InChI=1S/C36H47N5O8S/c1-23(2)20-41(50(46,47)25-15-16-30-31(18-25)49-22-48-30)21-29(42)28(17-24-11-7-6-8-12-24)39-35(45)33(36(3,4)5)40-32(43)19-38-34(44)26-13-9-10-14-27(26)37/h6-16,18,23,28-29,33,42H,17,19-22,37H2,1-5H3,(H,38,44)(H,39,45)(H,40,43). The number of nitrogens with zero attached hydrogens (tertiary/aromatic N) is 1. The molecule has 1 heterocycles. The van der Waals surface area contributed by atoms with Crippen molar-refractivity contribution in [3.8, 4) is 11.5 Å². The first-order valence-electron chi connectivity index (χ1n) is 16.4. The smallest absolute Gasteiger partial charge is 0.253 e. The summed E-state index contributed by atoms with van der Waals surface area (Å²) >= 11 is 0. The van der Waals surface area contributed by atoms with Crippen molar-refractivity contribution in [2.24, 2.45) is 11.3 Å². The fraction of sp³-hybridized carbons (Fsp3) is 0.417. The normalized spacial score (nSPS) is 14.6. The van der Waals surface area contributed by atoms with Gasteiger partial charge < -0.3 is 36.3 Å². The quantitative estimate of drug-likeness (QED) is 0.148. The van der Waals surface area contributed by atoms with Gasteiger partial charge in [-0.1, -0.05) is 77.1 Å². The molecule has 1 aliphatic heterocycles. The molecule has 4 rings (SSSR count). The van der Waals surface area contributed by atoms with Crippen LogP contribution in [-0.4, -0.2) is 80.2 Å². The zero-order valence-corrected chi connectivity index (χ0v) is 29.8. The van der Waals surface area contributed by atoms with E-state index in [4.69, 9.17) is 15.2 Å². The number of hydrogen-bond donors (Lipinski definition) is 5. The first kappa shape index (κ1) is 38.1. The number of benzene rings is 3. The highest BCUT2D eigenvalue weighted by atomic mass is 32.2. The number of carbonyl (C=O) groups is 3. The highest BCUT2D eigenvalue weighted by Gasteiger charge is 2.37. The molecule has 6 N–H and O–H groups in total. The summed E-state index contributed by atoms with van der Waals surface area (Å²) in [5.41, 5.74) is 6.36. The van der Waals surface area contributed by atoms with Crippen LogP contribution in [0.2, 0.25) is 0 Å². The molecule has 0 saturated heterocycles. The average molecular weight is 710 g/mol. The predicted molar refractivity (Wildman–Crippen MR) is 189 cm³/mol. The Morgan fingerprint density at radius 1 is 0.920 bits per heavy atom. The van der Waals surface area contributed by atoms with Gasteiger partial charge in [0, 0.05) is 24.8 Å². The van der Waals surface area contributed by atoms with Crippen LogP contribution in [0.15, 0.2) is 77.7 Å². The molecule has 1 aliphatic rings. The molecule has 13 nitrogen and oxygen atoms in total. The van der Waals surface area contributed by atoms with Gasteiger partial charge in [-0.3, -0.25) is 14.4 Å². The van der Waals surface area contributed by atoms with Crippen molar-refractivity contribution >= 4 is 33.4 Å². The summed E-state index contributed by atoms with van der Waals surface area (Å²) < 4.78 is 39.8. The average Bonchev–Trinajstić information content (AvgIpc) is 3.53. The lowest BCUT2D eigenvalue weighted by Crippen LogP contribution is -2.59. The number of fused-ring (bicyclic) bond motifs is 1. The summed E-state index contributed by atoms with van der Waals surface area (Å²) in [5.74, 6) is -1.08. The number of anilines is 1. The van der Waals surface area contributed by atoms with Gasteiger partial charge in [0.15, 0.2) is 11.5 Å². The SMILES string of the molecule is CC(C)CN(CC(O)C(Cc1ccccc1)NC(=O)C(NC(=O)CNC(=O)c1ccccc1N)C(C)(C)C)S(=O)(=O)c1ccc2c(c1)OCO2. The molecular weight excluding hydrogens is 662 g/mol. The Kier molecular flexibility index (Phi) is 12.5. The van der Waals surface area contributed by atoms with E-state index >= 15 is 0 Å². The van der Waals surface area contributed by atoms with Crippen molar-refractivity contribution in [2.75, 3.05) is 32.2 Å². The van der Waals surface area contributed by atoms with Crippen molar-refractivity contribution in [2.45, 2.75) is 64.1 Å². The maximum atomic E-state index is 13.9. The molecule has 50 heavy (non-hydrogen) atoms. The van der Waals surface area contributed by atoms with Gasteiger partial charge >= 0.3 is 0 Å². The van der Waals surface area contributed by atoms with Crippen LogP contribution >= 0.6 is 0 Å². The summed E-state index contributed by atoms with van der Waals surface area (Å²) in [6.07, 6.45) is -1.18. The first-order valence-corrected chi connectivity index (χ1v) is 17.8. The molecule has 3 amide bonds. The molecule has 0 spiro atoms. The van der Waals surface area contributed by atoms with Gasteiger partial charge in [-0.2, -0.15) is 4.31 Å². The van der Waals surface area contributed by atoms with Gasteiger partial charge in [-0.15, -0.1) is 0 Å². The lowest BCUT2D eigenvalue weighted by Gasteiger charge is -2.34. The summed E-state index contributed by atoms with van der Waals surface area (Å²) in [6, 6.07) is 17.9. The van der Waals surface area contributed by atoms with Crippen LogP contribution in [0.1, 0.15) is 50.5 Å². The van der Waals surface area contributed by atoms with Crippen molar-refractivity contribution in [3.05, 3.63) is 83.9 Å². The Hall–Kier alpha value is -4.66. The summed E-state index contributed by atoms with van der Waals surface area (Å²) in [7, 11) is -4.11. The van der Waals surface area contributed by atoms with Crippen LogP contribution < -0.4 is 31.2 Å². The number of sulfonamides is 1. The summed E-state index contributed by atoms with van der Waals surface area (Å²) in [6.45, 7) is 8.39. The zero-order chi connectivity index (χ0) is 36.6. The number of aliphatic hydroxyl groups is 1. The number of ether oxygens (including phenoxy) is 2. The number of hydrogen-bond acceptors (Lipinski definition) is 9. The molecule has 3 aromatic carbocycles. The van der Waals surface area contributed by atoms with E-state index in [1.54, 1.807) is 39.0 Å². The molecule has 0 aliphatic carbocycles. The number of nitrogens with one attached hydrogen (secondary N) is 3. The molecule has 0 fully saturated rings. The first-order chi connectivity index (χ1) is 23.6. The van der Waals surface area contributed by atoms with E-state index in [-0.39, 0.29) is 48.4 Å². The maximum absolute atomic E-state index is 13.9. The molecule has 270 valence electrons. The van der Waals surface area contributed by atoms with Gasteiger partial charge in [-0.05, 0) is 47.6 Å². The van der Waals surface area contributed by atoms with Crippen molar-refractivity contribution < 1.29 is 37.4 Å². The highest BCUT2D eigenvalue weighted by molar-refractivity contribution is 7.89. The Morgan fingerprint density at radius 3 is 2.24 bits per heavy atom. The topological polar surface area (TPSA) is 189 Å². The van der Waals surface area contributed by atoms with E-state index in [0.29, 0.717) is 11.5 Å². The second-order valence-corrected chi connectivity index (χ2v) is 15.7. The lowest BCUT2D eigenvalue weighted by atomic mass is 9.85. The minimum absolute atomic E-state index is 0.0123. The summed E-state index contributed by atoms with van der Waals surface area (Å²) in [4.78, 5) is 39.5. The van der Waals surface area contributed by atoms with Gasteiger partial charge in [0.05, 0.1) is 29.1 Å². The number of amides is 3. The second-order valence-electron chi connectivity index (χ2n) is 13.7. The molecular formula is C36H47N5O8S. The number of carbonyl (C=O) groups excluding carboxylic acids is 3. The van der Waals surface area contributed by atoms with Crippen LogP contribution in [0.3, 0.4) is 0 Å². The molecule has 0 bridgehead atoms. The fourth-order valence-corrected chi connectivity index (χ4v) is 7.10. The minimum Gasteiger partial charge on any atom is -0.454 e. The molecule has 3 aromatic rings. The fourth-order valence-electron chi connectivity index (χ4n) is 5.46. The third-order valence-corrected chi connectivity index (χ3v) is 9.91. The van der Waals surface area contributed by atoms with Crippen molar-refractivity contribution in [3.63, 3.8) is 0 Å². The van der Waals surface area contributed by atoms with E-state index < -0.39 is 57.9 Å². The van der Waals surface area contributed by atoms with Crippen LogP contribution in [0, 0.1) is 11.3 Å². The Bertz CT molecular complexity index is 1760. The van der Waals surface area contributed by atoms with E-state index in [1.807, 2.05) is 44.2 Å². The van der Waals surface area contributed by atoms with Gasteiger partial charge in [-0.25, -0.2) is 8.42 Å². The number of aliphatic hydroxyl groups excluding tert-OH is 1. The van der Waals surface area contributed by atoms with Gasteiger partial charge in [0.25, 0.3) is 5.91 Å². The van der Waals surface area contributed by atoms with Crippen LogP contribution in [0.5, 0.6) is 11.5 Å². The molecule has 0 radical (unpaired) electrons. The third-order valence-electron chi connectivity index (χ3n) is 8.08. The van der Waals surface area contributed by atoms with Crippen LogP contribution in [0.25, 0.3) is 0 Å². The van der Waals surface area contributed by atoms with E-state index in [9.17, 15) is 27.9 Å². The maximum Gasteiger partial charge on any atom is 0.253 e. The molecule has 3 unspecified atom stereocenters. The second kappa shape index (κ2) is 16.4. The number of nitrogen functional groups attached to an aromatic ring is 1. The van der Waals surface area contributed by atoms with Crippen LogP contribution in [-0.2, 0) is 26.0 Å².